The Morgan fingerprint density at radius 1 is 0.441 bits per heavy atom. The van der Waals surface area contributed by atoms with E-state index >= 15 is 0 Å². The van der Waals surface area contributed by atoms with Crippen molar-refractivity contribution in [1.82, 2.24) is 19.3 Å². The molecule has 0 N–H and O–H groups in total. The maximum absolute atomic E-state index is 6.36. The molecular weight excluding hydrogens is 785 g/mol. The molecule has 0 spiro atoms. The summed E-state index contributed by atoms with van der Waals surface area (Å²) in [5, 5.41) is 17.4. The lowest BCUT2D eigenvalue weighted by molar-refractivity contribution is 0.584. The molecule has 3 aromatic heterocycles. The molecule has 9 heteroatoms. The van der Waals surface area contributed by atoms with Crippen molar-refractivity contribution < 1.29 is 4.42 Å². The van der Waals surface area contributed by atoms with E-state index in [2.05, 4.69) is 206 Å². The summed E-state index contributed by atoms with van der Waals surface area (Å²) in [6.07, 6.45) is 0. The van der Waals surface area contributed by atoms with Crippen molar-refractivity contribution in [2.75, 3.05) is 0 Å². The molecule has 0 saturated heterocycles. The van der Waals surface area contributed by atoms with Gasteiger partial charge in [-0.1, -0.05) is 123 Å². The topological polar surface area (TPSA) is 48.8 Å². The fraction of sp³-hybridized carbons (Fsp3) is 0.240. The molecule has 6 aromatic carbocycles. The van der Waals surface area contributed by atoms with Gasteiger partial charge >= 0.3 is 0 Å². The molecule has 0 unspecified atom stereocenters. The Kier molecular flexibility index (Phi) is 9.94. The lowest BCUT2D eigenvalue weighted by atomic mass is 10.1. The second-order valence-corrected chi connectivity index (χ2v) is 36.1. The van der Waals surface area contributed by atoms with Gasteiger partial charge in [0, 0.05) is 61.6 Å². The molecule has 0 aliphatic carbocycles. The minimum atomic E-state index is -1.49. The van der Waals surface area contributed by atoms with Gasteiger partial charge in [0.1, 0.15) is 0 Å². The third-order valence-electron chi connectivity index (χ3n) is 11.8. The molecular formula is C50H56N4OSi4. The summed E-state index contributed by atoms with van der Waals surface area (Å²) in [4.78, 5) is 0. The van der Waals surface area contributed by atoms with E-state index in [9.17, 15) is 0 Å². The largest absolute Gasteiger partial charge is 0.416 e. The van der Waals surface area contributed by atoms with Crippen LogP contribution in [-0.2, 0) is 12.1 Å². The minimum Gasteiger partial charge on any atom is -0.416 e. The van der Waals surface area contributed by atoms with Crippen molar-refractivity contribution in [3.05, 3.63) is 132 Å². The third-order valence-corrected chi connectivity index (χ3v) is 18.5. The van der Waals surface area contributed by atoms with Crippen molar-refractivity contribution in [3.8, 4) is 34.3 Å². The maximum atomic E-state index is 6.36. The van der Waals surface area contributed by atoms with Crippen LogP contribution in [0.25, 0.3) is 77.9 Å². The Morgan fingerprint density at radius 2 is 0.780 bits per heavy atom. The number of aromatic nitrogens is 4. The van der Waals surface area contributed by atoms with Crippen LogP contribution >= 0.6 is 0 Å². The van der Waals surface area contributed by atoms with Crippen molar-refractivity contribution in [3.63, 3.8) is 0 Å². The van der Waals surface area contributed by atoms with E-state index in [0.717, 1.165) is 22.5 Å². The fourth-order valence-electron chi connectivity index (χ4n) is 8.79. The molecule has 59 heavy (non-hydrogen) atoms. The summed E-state index contributed by atoms with van der Waals surface area (Å²) in [5.74, 6) is 1.03. The number of rotatable bonds is 10. The highest BCUT2D eigenvalue weighted by molar-refractivity contribution is 6.89. The predicted molar refractivity (Wildman–Crippen MR) is 265 cm³/mol. The van der Waals surface area contributed by atoms with Crippen molar-refractivity contribution in [1.29, 1.82) is 0 Å². The van der Waals surface area contributed by atoms with Gasteiger partial charge in [-0.3, -0.25) is 0 Å². The Morgan fingerprint density at radius 3 is 1.12 bits per heavy atom. The van der Waals surface area contributed by atoms with Gasteiger partial charge in [-0.2, -0.15) is 0 Å². The summed E-state index contributed by atoms with van der Waals surface area (Å²) in [5.41, 5.74) is 11.9. The van der Waals surface area contributed by atoms with E-state index in [1.807, 2.05) is 0 Å². The molecule has 0 atom stereocenters. The Hall–Kier alpha value is -5.07. The predicted octanol–water partition coefficient (Wildman–Crippen LogP) is 11.8. The average molecular weight is 841 g/mol. The monoisotopic (exact) mass is 840 g/mol. The van der Waals surface area contributed by atoms with Gasteiger partial charge in [0.05, 0.1) is 38.2 Å². The van der Waals surface area contributed by atoms with Gasteiger partial charge in [0.2, 0.25) is 11.8 Å². The lowest BCUT2D eigenvalue weighted by Gasteiger charge is -2.17. The molecule has 3 heterocycles. The minimum absolute atomic E-state index is 0.515. The first kappa shape index (κ1) is 39.4. The van der Waals surface area contributed by atoms with E-state index in [1.165, 1.54) is 77.2 Å². The number of fused-ring (bicyclic) bond motifs is 6. The Balaban J connectivity index is 1.03. The van der Waals surface area contributed by atoms with Crippen LogP contribution in [0.15, 0.2) is 126 Å². The SMILES string of the molecule is C[SiH](C)Cc1ccc2c(c1)c1cc([Si](C)(C)C)ccc1n2-c1ccc(-c2nnc(-c3ccc(-n4c5ccc(C[SiH](C)C)cc5c5cc([Si](C)(C)C)ccc54)cc3)o2)cc1. The normalized spacial score (nSPS) is 12.7. The van der Waals surface area contributed by atoms with E-state index in [-0.39, 0.29) is 0 Å². The molecule has 0 fully saturated rings. The Labute approximate surface area is 354 Å². The molecule has 9 rings (SSSR count). The van der Waals surface area contributed by atoms with Crippen LogP contribution in [0.3, 0.4) is 0 Å². The smallest absolute Gasteiger partial charge is 0.248 e. The van der Waals surface area contributed by atoms with Crippen LogP contribution in [0, 0.1) is 0 Å². The number of hydrogen-bond donors (Lipinski definition) is 0. The van der Waals surface area contributed by atoms with Crippen LogP contribution in [0.2, 0.25) is 65.5 Å². The third kappa shape index (κ3) is 7.43. The lowest BCUT2D eigenvalue weighted by Crippen LogP contribution is -2.37. The van der Waals surface area contributed by atoms with Gasteiger partial charge in [0.15, 0.2) is 0 Å². The fourth-order valence-corrected chi connectivity index (χ4v) is 13.5. The summed E-state index contributed by atoms with van der Waals surface area (Å²) >= 11 is 0. The quantitative estimate of drug-likeness (QED) is 0.129. The molecule has 0 radical (unpaired) electrons. The van der Waals surface area contributed by atoms with E-state index in [0.29, 0.717) is 11.8 Å². The zero-order chi connectivity index (χ0) is 41.4. The van der Waals surface area contributed by atoms with Crippen molar-refractivity contribution in [2.45, 2.75) is 77.6 Å². The van der Waals surface area contributed by atoms with Gasteiger partial charge in [0.25, 0.3) is 0 Å². The number of hydrogen-bond acceptors (Lipinski definition) is 3. The second kappa shape index (κ2) is 14.9. The zero-order valence-corrected chi connectivity index (χ0v) is 40.6. The summed E-state index contributed by atoms with van der Waals surface area (Å²) < 4.78 is 11.2. The van der Waals surface area contributed by atoms with Gasteiger partial charge in [-0.05, 0) is 97.0 Å². The molecule has 0 saturated carbocycles. The molecule has 0 aliphatic rings. The number of benzene rings is 6. The second-order valence-electron chi connectivity index (χ2n) is 19.5. The molecule has 0 bridgehead atoms. The molecule has 0 amide bonds. The van der Waals surface area contributed by atoms with Crippen molar-refractivity contribution in [2.24, 2.45) is 0 Å². The first-order chi connectivity index (χ1) is 28.1. The van der Waals surface area contributed by atoms with E-state index in [4.69, 9.17) is 4.42 Å². The molecule has 0 aliphatic heterocycles. The summed E-state index contributed by atoms with van der Waals surface area (Å²) in [6, 6.07) is 48.1. The van der Waals surface area contributed by atoms with E-state index in [1.54, 1.807) is 0 Å². The summed E-state index contributed by atoms with van der Waals surface area (Å²) in [6.45, 7) is 24.3. The van der Waals surface area contributed by atoms with Gasteiger partial charge in [-0.15, -0.1) is 10.2 Å². The number of nitrogens with zero attached hydrogens (tertiary/aromatic N) is 4. The van der Waals surface area contributed by atoms with Crippen LogP contribution in [0.5, 0.6) is 0 Å². The van der Waals surface area contributed by atoms with Crippen LogP contribution < -0.4 is 10.4 Å². The van der Waals surface area contributed by atoms with Crippen LogP contribution in [0.4, 0.5) is 0 Å². The van der Waals surface area contributed by atoms with Crippen LogP contribution in [0.1, 0.15) is 11.1 Å². The first-order valence-electron chi connectivity index (χ1n) is 21.3. The summed E-state index contributed by atoms with van der Waals surface area (Å²) in [7, 11) is -4.47. The van der Waals surface area contributed by atoms with E-state index < -0.39 is 33.7 Å². The van der Waals surface area contributed by atoms with Gasteiger partial charge < -0.3 is 13.6 Å². The average Bonchev–Trinajstić information content (AvgIpc) is 3.90. The highest BCUT2D eigenvalue weighted by atomic mass is 28.3. The molecule has 5 nitrogen and oxygen atoms in total. The van der Waals surface area contributed by atoms with Crippen LogP contribution in [-0.4, -0.2) is 53.1 Å². The Bertz CT molecular complexity index is 2810. The van der Waals surface area contributed by atoms with Gasteiger partial charge in [-0.25, -0.2) is 0 Å². The highest BCUT2D eigenvalue weighted by Gasteiger charge is 2.22. The standard InChI is InChI=1S/C50H56N4OSi4/c1-56(2)31-33-11-23-45-41(27-33)43-29-39(58(5,6)7)21-25-47(43)53(45)37-17-13-35(14-18-37)49-51-52-50(55-49)36-15-19-38(20-16-36)54-46-24-12-34(32-57(3)4)28-42(46)44-30-40(59(8,9)10)22-26-48(44)54/h11-30,56-57H,31-32H2,1-10H3. The first-order valence-corrected chi connectivity index (χ1v) is 34.6. The van der Waals surface area contributed by atoms with Crippen molar-refractivity contribution >= 4 is 87.7 Å². The maximum Gasteiger partial charge on any atom is 0.248 e. The zero-order valence-electron chi connectivity index (χ0n) is 36.3. The molecule has 9 aromatic rings. The molecule has 298 valence electrons. The highest BCUT2D eigenvalue weighted by Crippen LogP contribution is 2.36.